The van der Waals surface area contributed by atoms with E-state index in [-0.39, 0.29) is 11.2 Å². The van der Waals surface area contributed by atoms with E-state index in [0.29, 0.717) is 0 Å². The standard InChI is InChI=1S/C20H27NO2/c1-14-17(22-19(2,3)4)12-11-15(16-10-8-9-13-21-16)18(14)23-20(5,6)7/h8-13H,1-7H3. The van der Waals surface area contributed by atoms with Gasteiger partial charge in [0, 0.05) is 17.3 Å². The average molecular weight is 313 g/mol. The zero-order chi connectivity index (χ0) is 17.3. The molecule has 0 unspecified atom stereocenters. The number of hydrogen-bond donors (Lipinski definition) is 0. The normalized spacial score (nSPS) is 12.1. The molecule has 3 heteroatoms. The molecule has 23 heavy (non-hydrogen) atoms. The minimum absolute atomic E-state index is 0.254. The van der Waals surface area contributed by atoms with E-state index in [1.807, 2.05) is 78.8 Å². The molecule has 0 aliphatic rings. The summed E-state index contributed by atoms with van der Waals surface area (Å²) in [5, 5.41) is 0. The molecule has 0 saturated carbocycles. The van der Waals surface area contributed by atoms with E-state index in [0.717, 1.165) is 28.3 Å². The van der Waals surface area contributed by atoms with E-state index in [1.54, 1.807) is 6.20 Å². The molecule has 0 aliphatic carbocycles. The third-order valence-corrected chi connectivity index (χ3v) is 3.12. The van der Waals surface area contributed by atoms with Crippen LogP contribution >= 0.6 is 0 Å². The number of pyridine rings is 1. The van der Waals surface area contributed by atoms with Crippen LogP contribution in [0.1, 0.15) is 47.1 Å². The summed E-state index contributed by atoms with van der Waals surface area (Å²) in [6.07, 6.45) is 1.80. The lowest BCUT2D eigenvalue weighted by Gasteiger charge is -2.28. The minimum Gasteiger partial charge on any atom is -0.488 e. The number of hydrogen-bond acceptors (Lipinski definition) is 3. The Labute approximate surface area is 139 Å². The van der Waals surface area contributed by atoms with Gasteiger partial charge in [0.15, 0.2) is 0 Å². The molecule has 2 aromatic rings. The van der Waals surface area contributed by atoms with Crippen LogP contribution in [0.2, 0.25) is 0 Å². The van der Waals surface area contributed by atoms with Crippen LogP contribution in [-0.4, -0.2) is 16.2 Å². The molecule has 0 aliphatic heterocycles. The molecule has 2 rings (SSSR count). The van der Waals surface area contributed by atoms with Gasteiger partial charge in [0.2, 0.25) is 0 Å². The summed E-state index contributed by atoms with van der Waals surface area (Å²) < 4.78 is 12.3. The fraction of sp³-hybridized carbons (Fsp3) is 0.450. The monoisotopic (exact) mass is 313 g/mol. The van der Waals surface area contributed by atoms with Crippen LogP contribution in [0.15, 0.2) is 36.5 Å². The van der Waals surface area contributed by atoms with Gasteiger partial charge in [-0.25, -0.2) is 0 Å². The third-order valence-electron chi connectivity index (χ3n) is 3.12. The van der Waals surface area contributed by atoms with E-state index < -0.39 is 0 Å². The molecule has 0 atom stereocenters. The van der Waals surface area contributed by atoms with Gasteiger partial charge in [-0.2, -0.15) is 0 Å². The molecule has 1 heterocycles. The van der Waals surface area contributed by atoms with Crippen LogP contribution in [0.25, 0.3) is 11.3 Å². The van der Waals surface area contributed by atoms with Crippen molar-refractivity contribution in [3.63, 3.8) is 0 Å². The Bertz CT molecular complexity index is 665. The summed E-state index contributed by atoms with van der Waals surface area (Å²) >= 11 is 0. The van der Waals surface area contributed by atoms with Gasteiger partial charge >= 0.3 is 0 Å². The Morgan fingerprint density at radius 2 is 1.48 bits per heavy atom. The van der Waals surface area contributed by atoms with Crippen LogP contribution in [0.5, 0.6) is 11.5 Å². The first-order valence-corrected chi connectivity index (χ1v) is 8.00. The Morgan fingerprint density at radius 3 is 2.00 bits per heavy atom. The first-order chi connectivity index (χ1) is 10.6. The summed E-state index contributed by atoms with van der Waals surface area (Å²) in [6, 6.07) is 9.92. The Balaban J connectivity index is 2.57. The predicted octanol–water partition coefficient (Wildman–Crippen LogP) is 5.41. The van der Waals surface area contributed by atoms with Gasteiger partial charge in [-0.3, -0.25) is 4.98 Å². The van der Waals surface area contributed by atoms with Crippen molar-refractivity contribution in [2.45, 2.75) is 59.7 Å². The number of aromatic nitrogens is 1. The Morgan fingerprint density at radius 1 is 0.826 bits per heavy atom. The summed E-state index contributed by atoms with van der Waals surface area (Å²) in [7, 11) is 0. The van der Waals surface area contributed by atoms with Crippen LogP contribution in [0.3, 0.4) is 0 Å². The maximum Gasteiger partial charge on any atom is 0.136 e. The first-order valence-electron chi connectivity index (χ1n) is 8.00. The van der Waals surface area contributed by atoms with Crippen molar-refractivity contribution in [3.05, 3.63) is 42.1 Å². The quantitative estimate of drug-likeness (QED) is 0.759. The number of ether oxygens (including phenoxy) is 2. The highest BCUT2D eigenvalue weighted by atomic mass is 16.5. The van der Waals surface area contributed by atoms with Crippen LogP contribution in [-0.2, 0) is 0 Å². The van der Waals surface area contributed by atoms with Gasteiger partial charge in [-0.1, -0.05) is 6.07 Å². The predicted molar refractivity (Wildman–Crippen MR) is 95.2 cm³/mol. The summed E-state index contributed by atoms with van der Waals surface area (Å²) in [6.45, 7) is 14.3. The van der Waals surface area contributed by atoms with Crippen molar-refractivity contribution in [2.24, 2.45) is 0 Å². The second-order valence-corrected chi connectivity index (χ2v) is 7.71. The molecule has 0 fully saturated rings. The lowest BCUT2D eigenvalue weighted by atomic mass is 10.0. The van der Waals surface area contributed by atoms with E-state index in [2.05, 4.69) is 4.98 Å². The average Bonchev–Trinajstić information content (AvgIpc) is 2.42. The van der Waals surface area contributed by atoms with E-state index in [4.69, 9.17) is 9.47 Å². The Kier molecular flexibility index (Phi) is 4.69. The summed E-state index contributed by atoms with van der Waals surface area (Å²) in [5.74, 6) is 1.68. The van der Waals surface area contributed by atoms with Crippen LogP contribution < -0.4 is 9.47 Å². The fourth-order valence-electron chi connectivity index (χ4n) is 2.28. The minimum atomic E-state index is -0.297. The number of rotatable bonds is 3. The maximum atomic E-state index is 6.25. The highest BCUT2D eigenvalue weighted by Crippen LogP contribution is 2.40. The second-order valence-electron chi connectivity index (χ2n) is 7.71. The largest absolute Gasteiger partial charge is 0.488 e. The SMILES string of the molecule is Cc1c(OC(C)(C)C)ccc(-c2ccccn2)c1OC(C)(C)C. The molecule has 0 amide bonds. The van der Waals surface area contributed by atoms with E-state index >= 15 is 0 Å². The van der Waals surface area contributed by atoms with Crippen molar-refractivity contribution in [2.75, 3.05) is 0 Å². The van der Waals surface area contributed by atoms with Crippen molar-refractivity contribution in [1.82, 2.24) is 4.98 Å². The summed E-state index contributed by atoms with van der Waals surface area (Å²) in [5.41, 5.74) is 2.33. The van der Waals surface area contributed by atoms with Gasteiger partial charge < -0.3 is 9.47 Å². The van der Waals surface area contributed by atoms with Crippen molar-refractivity contribution in [1.29, 1.82) is 0 Å². The van der Waals surface area contributed by atoms with Gasteiger partial charge in [0.05, 0.1) is 5.69 Å². The molecule has 0 radical (unpaired) electrons. The molecule has 1 aromatic carbocycles. The molecule has 3 nitrogen and oxygen atoms in total. The van der Waals surface area contributed by atoms with E-state index in [9.17, 15) is 0 Å². The molecule has 124 valence electrons. The zero-order valence-corrected chi connectivity index (χ0v) is 15.2. The highest BCUT2D eigenvalue weighted by Gasteiger charge is 2.22. The molecule has 1 aromatic heterocycles. The van der Waals surface area contributed by atoms with Gasteiger partial charge in [-0.05, 0) is 72.7 Å². The van der Waals surface area contributed by atoms with Crippen LogP contribution in [0.4, 0.5) is 0 Å². The molecule has 0 bridgehead atoms. The fourth-order valence-corrected chi connectivity index (χ4v) is 2.28. The lowest BCUT2D eigenvalue weighted by molar-refractivity contribution is 0.119. The van der Waals surface area contributed by atoms with Crippen molar-refractivity contribution < 1.29 is 9.47 Å². The third kappa shape index (κ3) is 4.72. The number of nitrogens with zero attached hydrogens (tertiary/aromatic N) is 1. The second kappa shape index (κ2) is 6.23. The van der Waals surface area contributed by atoms with Gasteiger partial charge in [0.1, 0.15) is 22.7 Å². The van der Waals surface area contributed by atoms with Crippen LogP contribution in [0, 0.1) is 6.92 Å². The molecule has 0 saturated heterocycles. The van der Waals surface area contributed by atoms with E-state index in [1.165, 1.54) is 0 Å². The van der Waals surface area contributed by atoms with Gasteiger partial charge in [0.25, 0.3) is 0 Å². The topological polar surface area (TPSA) is 31.4 Å². The zero-order valence-electron chi connectivity index (χ0n) is 15.2. The summed E-state index contributed by atoms with van der Waals surface area (Å²) in [4.78, 5) is 4.46. The van der Waals surface area contributed by atoms with Crippen molar-refractivity contribution >= 4 is 0 Å². The molecule has 0 spiro atoms. The molecular formula is C20H27NO2. The smallest absolute Gasteiger partial charge is 0.136 e. The first kappa shape index (κ1) is 17.3. The highest BCUT2D eigenvalue weighted by molar-refractivity contribution is 5.71. The molecular weight excluding hydrogens is 286 g/mol. The van der Waals surface area contributed by atoms with Gasteiger partial charge in [-0.15, -0.1) is 0 Å². The molecule has 0 N–H and O–H groups in total. The maximum absolute atomic E-state index is 6.25. The Hall–Kier alpha value is -2.03. The van der Waals surface area contributed by atoms with Crippen molar-refractivity contribution in [3.8, 4) is 22.8 Å². The lowest BCUT2D eigenvalue weighted by Crippen LogP contribution is -2.25. The number of benzene rings is 1.